The molecular formula is C22H19N3O3S. The fourth-order valence-corrected chi connectivity index (χ4v) is 4.48. The summed E-state index contributed by atoms with van der Waals surface area (Å²) in [6.07, 6.45) is 0. The first kappa shape index (κ1) is 19.0. The molecule has 0 saturated carbocycles. The SMILES string of the molecule is COC(=O)C1=C(N)N2N=C(C)SC2=C(C(=O)c2ccccc2)C1c1ccccc1. The lowest BCUT2D eigenvalue weighted by molar-refractivity contribution is -0.136. The second-order valence-electron chi connectivity index (χ2n) is 6.58. The number of ketones is 1. The maximum Gasteiger partial charge on any atom is 0.338 e. The summed E-state index contributed by atoms with van der Waals surface area (Å²) in [6, 6.07) is 18.4. The summed E-state index contributed by atoms with van der Waals surface area (Å²) >= 11 is 1.37. The molecule has 0 amide bonds. The fourth-order valence-electron chi connectivity index (χ4n) is 3.54. The van der Waals surface area contributed by atoms with Crippen LogP contribution in [0.15, 0.2) is 87.8 Å². The van der Waals surface area contributed by atoms with Crippen LogP contribution in [0.4, 0.5) is 0 Å². The molecule has 0 radical (unpaired) electrons. The highest BCUT2D eigenvalue weighted by molar-refractivity contribution is 8.17. The average Bonchev–Trinajstić information content (AvgIpc) is 3.15. The Morgan fingerprint density at radius 2 is 1.66 bits per heavy atom. The molecule has 2 N–H and O–H groups in total. The summed E-state index contributed by atoms with van der Waals surface area (Å²) in [6.45, 7) is 1.84. The minimum absolute atomic E-state index is 0.175. The number of ether oxygens (including phenoxy) is 1. The van der Waals surface area contributed by atoms with E-state index in [9.17, 15) is 9.59 Å². The quantitative estimate of drug-likeness (QED) is 0.618. The van der Waals surface area contributed by atoms with Gasteiger partial charge in [0.2, 0.25) is 0 Å². The zero-order valence-corrected chi connectivity index (χ0v) is 16.8. The molecule has 2 aliphatic rings. The third kappa shape index (κ3) is 3.23. The van der Waals surface area contributed by atoms with Gasteiger partial charge in [-0.25, -0.2) is 9.80 Å². The molecule has 2 aromatic carbocycles. The Morgan fingerprint density at radius 3 is 2.28 bits per heavy atom. The maximum absolute atomic E-state index is 13.6. The van der Waals surface area contributed by atoms with Crippen molar-refractivity contribution in [2.24, 2.45) is 10.8 Å². The summed E-state index contributed by atoms with van der Waals surface area (Å²) in [7, 11) is 1.30. The van der Waals surface area contributed by atoms with Crippen LogP contribution in [0.1, 0.15) is 28.8 Å². The van der Waals surface area contributed by atoms with Crippen molar-refractivity contribution in [3.63, 3.8) is 0 Å². The van der Waals surface area contributed by atoms with Crippen LogP contribution in [0.3, 0.4) is 0 Å². The fraction of sp³-hybridized carbons (Fsp3) is 0.136. The molecule has 2 aromatic rings. The van der Waals surface area contributed by atoms with E-state index in [1.54, 1.807) is 12.1 Å². The molecule has 6 nitrogen and oxygen atoms in total. The molecule has 0 aliphatic carbocycles. The van der Waals surface area contributed by atoms with Crippen LogP contribution < -0.4 is 5.73 Å². The molecule has 0 bridgehead atoms. The van der Waals surface area contributed by atoms with E-state index in [1.807, 2.05) is 55.5 Å². The Labute approximate surface area is 172 Å². The number of carbonyl (C=O) groups excluding carboxylic acids is 2. The molecule has 0 spiro atoms. The normalized spacial score (nSPS) is 18.5. The molecular weight excluding hydrogens is 386 g/mol. The predicted molar refractivity (Wildman–Crippen MR) is 113 cm³/mol. The van der Waals surface area contributed by atoms with Crippen molar-refractivity contribution in [1.82, 2.24) is 5.01 Å². The first-order valence-electron chi connectivity index (χ1n) is 9.03. The predicted octanol–water partition coefficient (Wildman–Crippen LogP) is 3.60. The second-order valence-corrected chi connectivity index (χ2v) is 7.76. The van der Waals surface area contributed by atoms with Crippen molar-refractivity contribution in [2.45, 2.75) is 12.8 Å². The molecule has 2 aliphatic heterocycles. The van der Waals surface area contributed by atoms with E-state index in [1.165, 1.54) is 23.9 Å². The Hall–Kier alpha value is -3.32. The van der Waals surface area contributed by atoms with Gasteiger partial charge in [-0.1, -0.05) is 72.4 Å². The highest BCUT2D eigenvalue weighted by Crippen LogP contribution is 2.48. The van der Waals surface area contributed by atoms with Gasteiger partial charge >= 0.3 is 5.97 Å². The number of hydrogen-bond donors (Lipinski definition) is 1. The average molecular weight is 405 g/mol. The molecule has 7 heteroatoms. The first-order valence-corrected chi connectivity index (χ1v) is 9.84. The van der Waals surface area contributed by atoms with Gasteiger partial charge < -0.3 is 10.5 Å². The van der Waals surface area contributed by atoms with Crippen LogP contribution in [0.25, 0.3) is 0 Å². The third-order valence-electron chi connectivity index (χ3n) is 4.81. The minimum atomic E-state index is -0.656. The van der Waals surface area contributed by atoms with Crippen LogP contribution in [-0.2, 0) is 9.53 Å². The molecule has 1 unspecified atom stereocenters. The summed E-state index contributed by atoms with van der Waals surface area (Å²) < 4.78 is 5.03. The number of rotatable bonds is 4. The highest BCUT2D eigenvalue weighted by atomic mass is 32.2. The third-order valence-corrected chi connectivity index (χ3v) is 5.77. The van der Waals surface area contributed by atoms with Gasteiger partial charge in [-0.15, -0.1) is 0 Å². The largest absolute Gasteiger partial charge is 0.466 e. The molecule has 2 heterocycles. The van der Waals surface area contributed by atoms with E-state index in [4.69, 9.17) is 10.5 Å². The Balaban J connectivity index is 1.98. The number of esters is 1. The van der Waals surface area contributed by atoms with Crippen molar-refractivity contribution >= 4 is 28.6 Å². The van der Waals surface area contributed by atoms with Crippen LogP contribution in [-0.4, -0.2) is 28.9 Å². The Kier molecular flexibility index (Phi) is 4.98. The summed E-state index contributed by atoms with van der Waals surface area (Å²) in [5.41, 5.74) is 8.36. The number of methoxy groups -OCH3 is 1. The molecule has 1 atom stereocenters. The van der Waals surface area contributed by atoms with Crippen LogP contribution in [0, 0.1) is 0 Å². The number of carbonyl (C=O) groups is 2. The number of nitrogens with zero attached hydrogens (tertiary/aromatic N) is 2. The van der Waals surface area contributed by atoms with Crippen LogP contribution in [0.2, 0.25) is 0 Å². The van der Waals surface area contributed by atoms with E-state index < -0.39 is 11.9 Å². The standard InChI is InChI=1S/C22H19N3O3S/c1-13-24-25-20(23)18(22(27)28-2)16(14-9-5-3-6-10-14)17(21(25)29-13)19(26)15-11-7-4-8-12-15/h3-12,16H,23H2,1-2H3. The maximum atomic E-state index is 13.6. The smallest absolute Gasteiger partial charge is 0.338 e. The number of thioether (sulfide) groups is 1. The lowest BCUT2D eigenvalue weighted by Gasteiger charge is -2.32. The highest BCUT2D eigenvalue weighted by Gasteiger charge is 2.44. The number of nitrogens with two attached hydrogens (primary N) is 1. The van der Waals surface area contributed by atoms with E-state index in [-0.39, 0.29) is 17.2 Å². The van der Waals surface area contributed by atoms with Gasteiger partial charge in [0.1, 0.15) is 10.9 Å². The Morgan fingerprint density at radius 1 is 1.03 bits per heavy atom. The lowest BCUT2D eigenvalue weighted by atomic mass is 9.80. The van der Waals surface area contributed by atoms with E-state index in [0.717, 1.165) is 10.6 Å². The van der Waals surface area contributed by atoms with Crippen molar-refractivity contribution in [3.05, 3.63) is 93.8 Å². The summed E-state index contributed by atoms with van der Waals surface area (Å²) in [5.74, 6) is -1.24. The van der Waals surface area contributed by atoms with Gasteiger partial charge in [0.05, 0.1) is 23.6 Å². The summed E-state index contributed by atoms with van der Waals surface area (Å²) in [5, 5.41) is 7.26. The number of allylic oxidation sites excluding steroid dienone is 1. The van der Waals surface area contributed by atoms with E-state index >= 15 is 0 Å². The van der Waals surface area contributed by atoms with Gasteiger partial charge in [-0.3, -0.25) is 4.79 Å². The molecule has 4 rings (SSSR count). The topological polar surface area (TPSA) is 85.0 Å². The number of fused-ring (bicyclic) bond motifs is 1. The Bertz CT molecular complexity index is 1070. The van der Waals surface area contributed by atoms with Crippen molar-refractivity contribution < 1.29 is 14.3 Å². The minimum Gasteiger partial charge on any atom is -0.466 e. The molecule has 146 valence electrons. The lowest BCUT2D eigenvalue weighted by Crippen LogP contribution is -2.35. The summed E-state index contributed by atoms with van der Waals surface area (Å²) in [4.78, 5) is 26.4. The zero-order chi connectivity index (χ0) is 20.5. The molecule has 0 aromatic heterocycles. The van der Waals surface area contributed by atoms with Crippen LogP contribution >= 0.6 is 11.8 Å². The van der Waals surface area contributed by atoms with Gasteiger partial charge in [-0.05, 0) is 12.5 Å². The zero-order valence-electron chi connectivity index (χ0n) is 16.0. The van der Waals surface area contributed by atoms with Gasteiger partial charge in [0.15, 0.2) is 5.78 Å². The van der Waals surface area contributed by atoms with Crippen molar-refractivity contribution in [1.29, 1.82) is 0 Å². The number of hydrogen-bond acceptors (Lipinski definition) is 7. The van der Waals surface area contributed by atoms with Gasteiger partial charge in [-0.2, -0.15) is 5.10 Å². The van der Waals surface area contributed by atoms with Crippen LogP contribution in [0.5, 0.6) is 0 Å². The first-order chi connectivity index (χ1) is 14.0. The van der Waals surface area contributed by atoms with Crippen molar-refractivity contribution in [3.8, 4) is 0 Å². The second kappa shape index (κ2) is 7.60. The molecule has 0 fully saturated rings. The monoisotopic (exact) mass is 405 g/mol. The molecule has 29 heavy (non-hydrogen) atoms. The van der Waals surface area contributed by atoms with E-state index in [2.05, 4.69) is 5.10 Å². The number of hydrazone groups is 1. The van der Waals surface area contributed by atoms with Gasteiger partial charge in [0, 0.05) is 11.1 Å². The van der Waals surface area contributed by atoms with Crippen molar-refractivity contribution in [2.75, 3.05) is 7.11 Å². The number of Topliss-reactive ketones (excluding diaryl/α,β-unsaturated/α-hetero) is 1. The molecule has 0 saturated heterocycles. The van der Waals surface area contributed by atoms with Gasteiger partial charge in [0.25, 0.3) is 0 Å². The number of benzene rings is 2. The van der Waals surface area contributed by atoms with E-state index in [0.29, 0.717) is 16.2 Å².